The van der Waals surface area contributed by atoms with Crippen molar-refractivity contribution < 1.29 is 14.6 Å². The Morgan fingerprint density at radius 3 is 2.76 bits per heavy atom. The Morgan fingerprint density at radius 1 is 1.29 bits per heavy atom. The maximum Gasteiger partial charge on any atom is 0.312 e. The molecule has 0 bridgehead atoms. The number of benzene rings is 1. The average molecular weight is 283 g/mol. The maximum absolute atomic E-state index is 12.2. The van der Waals surface area contributed by atoms with Crippen LogP contribution in [0.5, 0.6) is 0 Å². The lowest BCUT2D eigenvalue weighted by atomic mass is 9.80. The van der Waals surface area contributed by atoms with E-state index in [2.05, 4.69) is 4.98 Å². The number of hydrogen-bond acceptors (Lipinski definition) is 4. The van der Waals surface area contributed by atoms with Crippen LogP contribution in [0.1, 0.15) is 25.0 Å². The van der Waals surface area contributed by atoms with Crippen molar-refractivity contribution in [1.82, 2.24) is 4.98 Å². The first-order valence-corrected chi connectivity index (χ1v) is 7.05. The van der Waals surface area contributed by atoms with Gasteiger partial charge in [0.1, 0.15) is 5.60 Å². The van der Waals surface area contributed by atoms with E-state index in [-0.39, 0.29) is 0 Å². The molecule has 1 aromatic carbocycles. The van der Waals surface area contributed by atoms with Crippen LogP contribution in [-0.4, -0.2) is 22.7 Å². The summed E-state index contributed by atoms with van der Waals surface area (Å²) in [4.78, 5) is 16.5. The second kappa shape index (κ2) is 4.97. The highest BCUT2D eigenvalue weighted by molar-refractivity contribution is 5.83. The van der Waals surface area contributed by atoms with Gasteiger partial charge < -0.3 is 9.84 Å². The van der Waals surface area contributed by atoms with Crippen LogP contribution < -0.4 is 0 Å². The predicted molar refractivity (Wildman–Crippen MR) is 78.5 cm³/mol. The van der Waals surface area contributed by atoms with Crippen molar-refractivity contribution in [2.24, 2.45) is 5.92 Å². The highest BCUT2D eigenvalue weighted by Crippen LogP contribution is 2.50. The first kappa shape index (κ1) is 13.8. The van der Waals surface area contributed by atoms with E-state index in [0.29, 0.717) is 17.7 Å². The fraction of sp³-hybridized carbons (Fsp3) is 0.294. The summed E-state index contributed by atoms with van der Waals surface area (Å²) in [7, 11) is 0. The van der Waals surface area contributed by atoms with E-state index in [1.165, 1.54) is 0 Å². The first-order chi connectivity index (χ1) is 10.1. The lowest BCUT2D eigenvalue weighted by Gasteiger charge is -2.30. The Morgan fingerprint density at radius 2 is 2.00 bits per heavy atom. The van der Waals surface area contributed by atoms with Crippen molar-refractivity contribution in [3.8, 4) is 11.3 Å². The summed E-state index contributed by atoms with van der Waals surface area (Å²) in [5.41, 5.74) is 1.57. The lowest BCUT2D eigenvalue weighted by molar-refractivity contribution is -0.155. The minimum absolute atomic E-state index is 0.292. The minimum atomic E-state index is -1.40. The number of carbonyl (C=O) groups excluding carboxylic acids is 1. The average Bonchev–Trinajstić information content (AvgIpc) is 2.78. The van der Waals surface area contributed by atoms with E-state index >= 15 is 0 Å². The van der Waals surface area contributed by atoms with Gasteiger partial charge in [-0.15, -0.1) is 0 Å². The van der Waals surface area contributed by atoms with E-state index < -0.39 is 17.5 Å². The molecule has 0 radical (unpaired) electrons. The fourth-order valence-electron chi connectivity index (χ4n) is 3.00. The number of fused-ring (bicyclic) bond motifs is 3. The Labute approximate surface area is 123 Å². The summed E-state index contributed by atoms with van der Waals surface area (Å²) in [6, 6.07) is 11.1. The summed E-state index contributed by atoms with van der Waals surface area (Å²) in [5, 5.41) is 11.3. The van der Waals surface area contributed by atoms with E-state index in [9.17, 15) is 9.90 Å². The standard InChI is InChI=1S/C17H17NO3/c1-3-21-16(19)11(2)17(20)13-8-5-4-7-12(13)15-14(17)9-6-10-18-15/h4-11,20H,3H2,1-2H3/t11-,17-/m1/s1. The minimum Gasteiger partial charge on any atom is -0.466 e. The molecule has 4 nitrogen and oxygen atoms in total. The van der Waals surface area contributed by atoms with E-state index in [0.717, 1.165) is 11.3 Å². The maximum atomic E-state index is 12.2. The molecule has 3 rings (SSSR count). The van der Waals surface area contributed by atoms with E-state index in [1.54, 1.807) is 26.1 Å². The predicted octanol–water partition coefficient (Wildman–Crippen LogP) is 2.50. The highest BCUT2D eigenvalue weighted by Gasteiger charge is 2.49. The van der Waals surface area contributed by atoms with E-state index in [4.69, 9.17) is 4.74 Å². The molecule has 0 saturated carbocycles. The van der Waals surface area contributed by atoms with Gasteiger partial charge >= 0.3 is 5.97 Å². The third-order valence-corrected chi connectivity index (χ3v) is 4.08. The van der Waals surface area contributed by atoms with Crippen LogP contribution in [0.3, 0.4) is 0 Å². The molecular formula is C17H17NO3. The monoisotopic (exact) mass is 283 g/mol. The molecule has 1 aliphatic carbocycles. The molecular weight excluding hydrogens is 266 g/mol. The molecule has 4 heteroatoms. The van der Waals surface area contributed by atoms with Gasteiger partial charge in [-0.25, -0.2) is 0 Å². The number of pyridine rings is 1. The smallest absolute Gasteiger partial charge is 0.312 e. The molecule has 0 amide bonds. The van der Waals surface area contributed by atoms with Crippen LogP contribution in [0.2, 0.25) is 0 Å². The van der Waals surface area contributed by atoms with Crippen LogP contribution in [0.25, 0.3) is 11.3 Å². The van der Waals surface area contributed by atoms with Gasteiger partial charge in [0.05, 0.1) is 18.2 Å². The van der Waals surface area contributed by atoms with Crippen molar-refractivity contribution in [2.75, 3.05) is 6.61 Å². The fourth-order valence-corrected chi connectivity index (χ4v) is 3.00. The van der Waals surface area contributed by atoms with Crippen molar-refractivity contribution in [3.05, 3.63) is 53.7 Å². The SMILES string of the molecule is CCOC(=O)[C@@H](C)[C@@]1(O)c2ccccc2-c2ncccc21. The highest BCUT2D eigenvalue weighted by atomic mass is 16.5. The van der Waals surface area contributed by atoms with Gasteiger partial charge in [-0.3, -0.25) is 9.78 Å². The molecule has 1 aromatic heterocycles. The molecule has 108 valence electrons. The Bertz CT molecular complexity index is 650. The number of esters is 1. The number of aliphatic hydroxyl groups is 1. The van der Waals surface area contributed by atoms with Crippen LogP contribution in [0, 0.1) is 5.92 Å². The number of carbonyl (C=O) groups is 1. The number of aromatic nitrogens is 1. The molecule has 1 heterocycles. The number of ether oxygens (including phenoxy) is 1. The van der Waals surface area contributed by atoms with Gasteiger partial charge in [0, 0.05) is 17.3 Å². The normalized spacial score (nSPS) is 20.5. The van der Waals surface area contributed by atoms with Crippen LogP contribution in [0.4, 0.5) is 0 Å². The molecule has 21 heavy (non-hydrogen) atoms. The second-order valence-electron chi connectivity index (χ2n) is 5.19. The third kappa shape index (κ3) is 1.87. The molecule has 0 unspecified atom stereocenters. The largest absolute Gasteiger partial charge is 0.466 e. The zero-order valence-corrected chi connectivity index (χ0v) is 12.0. The van der Waals surface area contributed by atoms with Crippen LogP contribution in [-0.2, 0) is 15.1 Å². The zero-order valence-electron chi connectivity index (χ0n) is 12.0. The van der Waals surface area contributed by atoms with Crippen molar-refractivity contribution in [2.45, 2.75) is 19.4 Å². The van der Waals surface area contributed by atoms with Gasteiger partial charge in [-0.05, 0) is 25.5 Å². The van der Waals surface area contributed by atoms with Crippen molar-refractivity contribution in [1.29, 1.82) is 0 Å². The summed E-state index contributed by atoms with van der Waals surface area (Å²) >= 11 is 0. The molecule has 0 aliphatic heterocycles. The summed E-state index contributed by atoms with van der Waals surface area (Å²) in [5.74, 6) is -1.12. The van der Waals surface area contributed by atoms with Crippen LogP contribution >= 0.6 is 0 Å². The van der Waals surface area contributed by atoms with Gasteiger partial charge in [0.2, 0.25) is 0 Å². The third-order valence-electron chi connectivity index (χ3n) is 4.08. The molecule has 1 aliphatic rings. The van der Waals surface area contributed by atoms with Crippen molar-refractivity contribution in [3.63, 3.8) is 0 Å². The number of hydrogen-bond donors (Lipinski definition) is 1. The zero-order chi connectivity index (χ0) is 15.0. The topological polar surface area (TPSA) is 59.4 Å². The second-order valence-corrected chi connectivity index (χ2v) is 5.19. The molecule has 2 atom stereocenters. The number of rotatable bonds is 3. The number of nitrogens with zero attached hydrogens (tertiary/aromatic N) is 1. The Kier molecular flexibility index (Phi) is 3.26. The van der Waals surface area contributed by atoms with Gasteiger partial charge in [-0.1, -0.05) is 30.3 Å². The quantitative estimate of drug-likeness (QED) is 0.879. The van der Waals surface area contributed by atoms with Crippen LogP contribution in [0.15, 0.2) is 42.6 Å². The molecule has 1 N–H and O–H groups in total. The first-order valence-electron chi connectivity index (χ1n) is 7.05. The molecule has 0 spiro atoms. The summed E-state index contributed by atoms with van der Waals surface area (Å²) in [6.07, 6.45) is 1.69. The molecule has 0 saturated heterocycles. The Hall–Kier alpha value is -2.20. The summed E-state index contributed by atoms with van der Waals surface area (Å²) in [6.45, 7) is 3.74. The van der Waals surface area contributed by atoms with Crippen molar-refractivity contribution >= 4 is 5.97 Å². The summed E-state index contributed by atoms with van der Waals surface area (Å²) < 4.78 is 5.09. The lowest BCUT2D eigenvalue weighted by Crippen LogP contribution is -2.38. The molecule has 2 aromatic rings. The van der Waals surface area contributed by atoms with E-state index in [1.807, 2.05) is 30.3 Å². The van der Waals surface area contributed by atoms with Gasteiger partial charge in [0.25, 0.3) is 0 Å². The Balaban J connectivity index is 2.20. The van der Waals surface area contributed by atoms with Gasteiger partial charge in [-0.2, -0.15) is 0 Å². The van der Waals surface area contributed by atoms with Gasteiger partial charge in [0.15, 0.2) is 0 Å². The molecule has 0 fully saturated rings.